The van der Waals surface area contributed by atoms with Crippen molar-refractivity contribution in [2.45, 2.75) is 0 Å². The maximum absolute atomic E-state index is 6.91. The third kappa shape index (κ3) is 4.86. The second-order valence-corrected chi connectivity index (χ2v) is 16.3. The van der Waals surface area contributed by atoms with Crippen LogP contribution in [0.3, 0.4) is 0 Å². The first-order valence-corrected chi connectivity index (χ1v) is 21.3. The zero-order valence-electron chi connectivity index (χ0n) is 33.7. The fraction of sp³-hybridized carbons (Fsp3) is 0. The number of furan rings is 1. The van der Waals surface area contributed by atoms with Crippen LogP contribution < -0.4 is 0 Å². The smallest absolute Gasteiger partial charge is 0.238 e. The van der Waals surface area contributed by atoms with Gasteiger partial charge in [0.1, 0.15) is 11.2 Å². The van der Waals surface area contributed by atoms with Crippen molar-refractivity contribution in [1.82, 2.24) is 24.1 Å². The van der Waals surface area contributed by atoms with Gasteiger partial charge in [0.2, 0.25) is 5.95 Å². The number of hydrogen-bond donors (Lipinski definition) is 0. The summed E-state index contributed by atoms with van der Waals surface area (Å²) in [4.78, 5) is 16.4. The lowest BCUT2D eigenvalue weighted by atomic mass is 9.93. The summed E-state index contributed by atoms with van der Waals surface area (Å²) >= 11 is 0. The van der Waals surface area contributed by atoms with Crippen molar-refractivity contribution in [3.05, 3.63) is 200 Å². The third-order valence-electron chi connectivity index (χ3n) is 12.9. The lowest BCUT2D eigenvalue weighted by Gasteiger charge is -2.14. The highest BCUT2D eigenvalue weighted by molar-refractivity contribution is 6.34. The topological polar surface area (TPSA) is 61.7 Å². The number of rotatable bonds is 5. The van der Waals surface area contributed by atoms with Crippen LogP contribution in [0.4, 0.5) is 0 Å². The predicted octanol–water partition coefficient (Wildman–Crippen LogP) is 14.7. The minimum atomic E-state index is 0.523. The van der Waals surface area contributed by atoms with Crippen molar-refractivity contribution in [3.63, 3.8) is 0 Å². The molecule has 0 saturated carbocycles. The molecular formula is C57H33N5O. The summed E-state index contributed by atoms with van der Waals surface area (Å²) in [6.07, 6.45) is 0. The molecule has 4 aromatic heterocycles. The molecule has 0 saturated heterocycles. The van der Waals surface area contributed by atoms with Crippen molar-refractivity contribution in [2.75, 3.05) is 0 Å². The Morgan fingerprint density at radius 1 is 0.349 bits per heavy atom. The van der Waals surface area contributed by atoms with Crippen LogP contribution in [-0.4, -0.2) is 24.1 Å². The van der Waals surface area contributed by atoms with E-state index in [0.717, 1.165) is 93.5 Å². The van der Waals surface area contributed by atoms with E-state index in [1.54, 1.807) is 0 Å². The molecule has 0 spiro atoms. The Bertz CT molecular complexity index is 4140. The second-order valence-electron chi connectivity index (χ2n) is 16.3. The number of nitrogens with zero attached hydrogens (tertiary/aromatic N) is 5. The van der Waals surface area contributed by atoms with Crippen LogP contribution in [0.5, 0.6) is 0 Å². The molecular weight excluding hydrogens is 771 g/mol. The molecule has 292 valence electrons. The molecule has 4 heterocycles. The second kappa shape index (κ2) is 12.9. The number of fused-ring (bicyclic) bond motifs is 10. The molecule has 0 radical (unpaired) electrons. The fourth-order valence-corrected chi connectivity index (χ4v) is 10.2. The van der Waals surface area contributed by atoms with Crippen LogP contribution >= 0.6 is 0 Å². The minimum absolute atomic E-state index is 0.523. The number of aromatic nitrogens is 5. The van der Waals surface area contributed by atoms with Gasteiger partial charge in [0.15, 0.2) is 11.6 Å². The van der Waals surface area contributed by atoms with Gasteiger partial charge in [-0.2, -0.15) is 9.97 Å². The molecule has 0 fully saturated rings. The Balaban J connectivity index is 1.12. The van der Waals surface area contributed by atoms with Crippen molar-refractivity contribution in [1.29, 1.82) is 0 Å². The van der Waals surface area contributed by atoms with E-state index in [-0.39, 0.29) is 0 Å². The highest BCUT2D eigenvalue weighted by Gasteiger charge is 2.26. The molecule has 63 heavy (non-hydrogen) atoms. The Labute approximate surface area is 359 Å². The molecule has 0 amide bonds. The van der Waals surface area contributed by atoms with E-state index in [2.05, 4.69) is 203 Å². The van der Waals surface area contributed by atoms with Gasteiger partial charge in [0.25, 0.3) is 0 Å². The molecule has 0 bridgehead atoms. The molecule has 0 unspecified atom stereocenters. The molecule has 0 aliphatic heterocycles. The Hall–Kier alpha value is -8.61. The third-order valence-corrected chi connectivity index (χ3v) is 12.9. The van der Waals surface area contributed by atoms with Gasteiger partial charge in [-0.25, -0.2) is 4.98 Å². The van der Waals surface area contributed by atoms with Gasteiger partial charge in [-0.3, -0.25) is 4.57 Å². The lowest BCUT2D eigenvalue weighted by molar-refractivity contribution is 0.670. The van der Waals surface area contributed by atoms with E-state index in [4.69, 9.17) is 19.4 Å². The first kappa shape index (κ1) is 34.1. The first-order chi connectivity index (χ1) is 31.3. The van der Waals surface area contributed by atoms with E-state index in [9.17, 15) is 0 Å². The highest BCUT2D eigenvalue weighted by atomic mass is 16.3. The van der Waals surface area contributed by atoms with Gasteiger partial charge in [0.05, 0.1) is 27.6 Å². The normalized spacial score (nSPS) is 12.1. The average Bonchev–Trinajstić information content (AvgIpc) is 4.03. The Kier molecular flexibility index (Phi) is 7.02. The number of para-hydroxylation sites is 3. The number of benzene rings is 10. The van der Waals surface area contributed by atoms with Gasteiger partial charge >= 0.3 is 0 Å². The SMILES string of the molecule is c1ccc(-c2cccc(-c3nc(-c4ccc5c6ccccc6c6cccc7oc4c5c76)nc(-n4c5ccccc5c5ccc6c7ccccc7n(-c7ccccc7)c6c54)n3)c2)cc1. The largest absolute Gasteiger partial charge is 0.455 e. The van der Waals surface area contributed by atoms with Gasteiger partial charge in [0, 0.05) is 43.6 Å². The molecule has 6 heteroatoms. The van der Waals surface area contributed by atoms with Gasteiger partial charge in [-0.1, -0.05) is 158 Å². The summed E-state index contributed by atoms with van der Waals surface area (Å²) in [5, 5.41) is 11.5. The molecule has 14 rings (SSSR count). The van der Waals surface area contributed by atoms with E-state index in [1.807, 2.05) is 6.07 Å². The van der Waals surface area contributed by atoms with Crippen molar-refractivity contribution < 1.29 is 4.42 Å². The summed E-state index contributed by atoms with van der Waals surface area (Å²) in [6.45, 7) is 0. The first-order valence-electron chi connectivity index (χ1n) is 21.3. The van der Waals surface area contributed by atoms with E-state index in [1.165, 1.54) is 21.5 Å². The van der Waals surface area contributed by atoms with E-state index >= 15 is 0 Å². The van der Waals surface area contributed by atoms with Crippen molar-refractivity contribution in [3.8, 4) is 45.5 Å². The van der Waals surface area contributed by atoms with Crippen molar-refractivity contribution >= 4 is 87.1 Å². The van der Waals surface area contributed by atoms with E-state index in [0.29, 0.717) is 17.6 Å². The Morgan fingerprint density at radius 2 is 0.889 bits per heavy atom. The van der Waals surface area contributed by atoms with Crippen LogP contribution in [0.2, 0.25) is 0 Å². The predicted molar refractivity (Wildman–Crippen MR) is 258 cm³/mol. The maximum atomic E-state index is 6.91. The summed E-state index contributed by atoms with van der Waals surface area (Å²) in [6, 6.07) is 70.6. The fourth-order valence-electron chi connectivity index (χ4n) is 10.2. The molecule has 0 aliphatic carbocycles. The molecule has 10 aromatic carbocycles. The quantitative estimate of drug-likeness (QED) is 0.163. The van der Waals surface area contributed by atoms with Gasteiger partial charge in [-0.05, 0) is 75.1 Å². The van der Waals surface area contributed by atoms with Crippen molar-refractivity contribution in [2.24, 2.45) is 0 Å². The van der Waals surface area contributed by atoms with Gasteiger partial charge in [-0.15, -0.1) is 0 Å². The van der Waals surface area contributed by atoms with Gasteiger partial charge < -0.3 is 8.98 Å². The average molecular weight is 804 g/mol. The zero-order chi connectivity index (χ0) is 41.2. The summed E-state index contributed by atoms with van der Waals surface area (Å²) in [5.74, 6) is 1.63. The molecule has 6 nitrogen and oxygen atoms in total. The standard InChI is InChI=1S/C57H33N5O/c1-3-15-34(16-4-1)35-17-13-18-36(33-35)55-58-56(46-32-29-43-39-22-8-7-21-38(39)42-25-14-28-49-50(42)51(43)54(46)63-49)60-57(59-55)62-48-27-12-10-24-41(48)45-31-30-44-40-23-9-11-26-47(40)61(52(44)53(45)62)37-19-5-2-6-20-37/h1-33H. The minimum Gasteiger partial charge on any atom is -0.455 e. The summed E-state index contributed by atoms with van der Waals surface area (Å²) in [7, 11) is 0. The molecule has 14 aromatic rings. The molecule has 0 aliphatic rings. The zero-order valence-corrected chi connectivity index (χ0v) is 33.7. The summed E-state index contributed by atoms with van der Waals surface area (Å²) < 4.78 is 11.6. The van der Waals surface area contributed by atoms with Crippen LogP contribution in [0.1, 0.15) is 0 Å². The summed E-state index contributed by atoms with van der Waals surface area (Å²) in [5.41, 5.74) is 10.8. The Morgan fingerprint density at radius 3 is 1.63 bits per heavy atom. The molecule has 0 N–H and O–H groups in total. The van der Waals surface area contributed by atoms with Crippen LogP contribution in [0, 0.1) is 0 Å². The maximum Gasteiger partial charge on any atom is 0.238 e. The number of hydrogen-bond acceptors (Lipinski definition) is 4. The van der Waals surface area contributed by atoms with Crippen LogP contribution in [0.25, 0.3) is 133 Å². The van der Waals surface area contributed by atoms with Crippen LogP contribution in [0.15, 0.2) is 205 Å². The molecule has 0 atom stereocenters. The van der Waals surface area contributed by atoms with E-state index < -0.39 is 0 Å². The monoisotopic (exact) mass is 803 g/mol. The highest BCUT2D eigenvalue weighted by Crippen LogP contribution is 2.46. The lowest BCUT2D eigenvalue weighted by Crippen LogP contribution is -2.07. The van der Waals surface area contributed by atoms with Crippen LogP contribution in [-0.2, 0) is 0 Å².